The number of carbonyl (C=O) groups is 1. The molecule has 1 aromatic carbocycles. The molecule has 1 aromatic heterocycles. The van der Waals surface area contributed by atoms with Gasteiger partial charge in [0.15, 0.2) is 0 Å². The molecule has 0 saturated heterocycles. The highest BCUT2D eigenvalue weighted by Gasteiger charge is 2.05. The first kappa shape index (κ1) is 11.1. The quantitative estimate of drug-likeness (QED) is 0.913. The Bertz CT molecular complexity index is 467. The predicted molar refractivity (Wildman–Crippen MR) is 64.7 cm³/mol. The third kappa shape index (κ3) is 2.81. The van der Waals surface area contributed by atoms with Crippen LogP contribution in [0.4, 0.5) is 0 Å². The Hall–Kier alpha value is -1.39. The van der Waals surface area contributed by atoms with Gasteiger partial charge < -0.3 is 5.32 Å². The van der Waals surface area contributed by atoms with E-state index in [0.29, 0.717) is 16.4 Å². The van der Waals surface area contributed by atoms with Gasteiger partial charge in [-0.15, -0.1) is 11.3 Å². The first-order chi connectivity index (χ1) is 7.75. The van der Waals surface area contributed by atoms with E-state index in [2.05, 4.69) is 10.3 Å². The van der Waals surface area contributed by atoms with Crippen molar-refractivity contribution in [3.63, 3.8) is 0 Å². The predicted octanol–water partition coefficient (Wildman–Crippen LogP) is 2.73. The van der Waals surface area contributed by atoms with Crippen LogP contribution >= 0.6 is 22.9 Å². The molecule has 0 unspecified atom stereocenters. The Morgan fingerprint density at radius 3 is 2.75 bits per heavy atom. The van der Waals surface area contributed by atoms with E-state index in [0.717, 1.165) is 5.56 Å². The molecule has 0 atom stereocenters. The molecule has 1 amide bonds. The minimum atomic E-state index is -0.0996. The van der Waals surface area contributed by atoms with Crippen molar-refractivity contribution in [2.45, 2.75) is 6.54 Å². The highest BCUT2D eigenvalue weighted by Crippen LogP contribution is 2.10. The summed E-state index contributed by atoms with van der Waals surface area (Å²) in [5, 5.41) is 3.50. The van der Waals surface area contributed by atoms with E-state index in [9.17, 15) is 4.79 Å². The standard InChI is InChI=1S/C11H9ClN2OS/c12-9-3-1-8(2-4-9)5-14-11(15)10-6-13-7-16-10/h1-4,6-7H,5H2,(H,14,15). The number of benzene rings is 1. The number of nitrogens with zero attached hydrogens (tertiary/aromatic N) is 1. The number of nitrogens with one attached hydrogen (secondary N) is 1. The molecule has 5 heteroatoms. The van der Waals surface area contributed by atoms with Gasteiger partial charge in [0.1, 0.15) is 4.88 Å². The van der Waals surface area contributed by atoms with E-state index in [-0.39, 0.29) is 5.91 Å². The zero-order valence-electron chi connectivity index (χ0n) is 8.31. The summed E-state index contributed by atoms with van der Waals surface area (Å²) in [5.41, 5.74) is 2.65. The van der Waals surface area contributed by atoms with Crippen LogP contribution in [0.5, 0.6) is 0 Å². The van der Waals surface area contributed by atoms with E-state index in [1.165, 1.54) is 11.3 Å². The molecule has 0 saturated carbocycles. The fourth-order valence-corrected chi connectivity index (χ4v) is 1.86. The van der Waals surface area contributed by atoms with Gasteiger partial charge in [-0.3, -0.25) is 9.78 Å². The summed E-state index contributed by atoms with van der Waals surface area (Å²) in [6.07, 6.45) is 1.56. The molecule has 3 nitrogen and oxygen atoms in total. The van der Waals surface area contributed by atoms with Gasteiger partial charge in [0.2, 0.25) is 0 Å². The summed E-state index contributed by atoms with van der Waals surface area (Å²) < 4.78 is 0. The molecule has 0 bridgehead atoms. The van der Waals surface area contributed by atoms with Crippen molar-refractivity contribution >= 4 is 28.8 Å². The van der Waals surface area contributed by atoms with E-state index in [1.54, 1.807) is 23.8 Å². The van der Waals surface area contributed by atoms with Crippen LogP contribution in [0.2, 0.25) is 5.02 Å². The van der Waals surface area contributed by atoms with Crippen LogP contribution in [0, 0.1) is 0 Å². The lowest BCUT2D eigenvalue weighted by molar-refractivity contribution is 0.0955. The average molecular weight is 253 g/mol. The van der Waals surface area contributed by atoms with Gasteiger partial charge >= 0.3 is 0 Å². The van der Waals surface area contributed by atoms with Crippen LogP contribution in [0.3, 0.4) is 0 Å². The second kappa shape index (κ2) is 5.09. The number of aromatic nitrogens is 1. The third-order valence-electron chi connectivity index (χ3n) is 2.02. The van der Waals surface area contributed by atoms with E-state index >= 15 is 0 Å². The van der Waals surface area contributed by atoms with Crippen LogP contribution in [0.15, 0.2) is 36.0 Å². The third-order valence-corrected chi connectivity index (χ3v) is 3.05. The Kier molecular flexibility index (Phi) is 3.54. The lowest BCUT2D eigenvalue weighted by Gasteiger charge is -2.03. The lowest BCUT2D eigenvalue weighted by Crippen LogP contribution is -2.21. The number of hydrogen-bond acceptors (Lipinski definition) is 3. The van der Waals surface area contributed by atoms with Gasteiger partial charge in [-0.1, -0.05) is 23.7 Å². The normalized spacial score (nSPS) is 10.1. The van der Waals surface area contributed by atoms with Crippen molar-refractivity contribution in [3.05, 3.63) is 51.4 Å². The zero-order chi connectivity index (χ0) is 11.4. The molecule has 16 heavy (non-hydrogen) atoms. The highest BCUT2D eigenvalue weighted by molar-refractivity contribution is 7.11. The Morgan fingerprint density at radius 2 is 2.12 bits per heavy atom. The summed E-state index contributed by atoms with van der Waals surface area (Å²) in [6, 6.07) is 7.37. The first-order valence-corrected chi connectivity index (χ1v) is 5.92. The molecule has 82 valence electrons. The van der Waals surface area contributed by atoms with Crippen LogP contribution in [0.25, 0.3) is 0 Å². The van der Waals surface area contributed by atoms with Crippen LogP contribution < -0.4 is 5.32 Å². The van der Waals surface area contributed by atoms with Crippen molar-refractivity contribution in [2.75, 3.05) is 0 Å². The molecule has 0 aliphatic heterocycles. The van der Waals surface area contributed by atoms with Crippen molar-refractivity contribution in [2.24, 2.45) is 0 Å². The molecule has 0 spiro atoms. The van der Waals surface area contributed by atoms with Gasteiger partial charge in [-0.25, -0.2) is 0 Å². The molecular formula is C11H9ClN2OS. The summed E-state index contributed by atoms with van der Waals surface area (Å²) in [7, 11) is 0. The highest BCUT2D eigenvalue weighted by atomic mass is 35.5. The van der Waals surface area contributed by atoms with E-state index in [4.69, 9.17) is 11.6 Å². The molecule has 0 fully saturated rings. The molecular weight excluding hydrogens is 244 g/mol. The second-order valence-electron chi connectivity index (χ2n) is 3.17. The van der Waals surface area contributed by atoms with Crippen molar-refractivity contribution in [1.29, 1.82) is 0 Å². The van der Waals surface area contributed by atoms with Crippen LogP contribution in [0.1, 0.15) is 15.2 Å². The number of carbonyl (C=O) groups excluding carboxylic acids is 1. The molecule has 2 rings (SSSR count). The number of hydrogen-bond donors (Lipinski definition) is 1. The summed E-state index contributed by atoms with van der Waals surface area (Å²) in [6.45, 7) is 0.494. The molecule has 2 aromatic rings. The fraction of sp³-hybridized carbons (Fsp3) is 0.0909. The molecule has 0 radical (unpaired) electrons. The van der Waals surface area contributed by atoms with Crippen LogP contribution in [-0.4, -0.2) is 10.9 Å². The smallest absolute Gasteiger partial charge is 0.263 e. The van der Waals surface area contributed by atoms with E-state index in [1.807, 2.05) is 12.1 Å². The number of rotatable bonds is 3. The summed E-state index contributed by atoms with van der Waals surface area (Å²) in [5.74, 6) is -0.0996. The molecule has 1 N–H and O–H groups in total. The Balaban J connectivity index is 1.93. The van der Waals surface area contributed by atoms with Crippen molar-refractivity contribution in [3.8, 4) is 0 Å². The largest absolute Gasteiger partial charge is 0.347 e. The Labute approximate surface area is 102 Å². The van der Waals surface area contributed by atoms with Gasteiger partial charge in [0.25, 0.3) is 5.91 Å². The maximum Gasteiger partial charge on any atom is 0.263 e. The van der Waals surface area contributed by atoms with Gasteiger partial charge in [-0.05, 0) is 17.7 Å². The van der Waals surface area contributed by atoms with Crippen molar-refractivity contribution < 1.29 is 4.79 Å². The minimum absolute atomic E-state index is 0.0996. The number of halogens is 1. The van der Waals surface area contributed by atoms with Crippen LogP contribution in [-0.2, 0) is 6.54 Å². The maximum absolute atomic E-state index is 11.6. The monoisotopic (exact) mass is 252 g/mol. The topological polar surface area (TPSA) is 42.0 Å². The first-order valence-electron chi connectivity index (χ1n) is 4.67. The average Bonchev–Trinajstić information content (AvgIpc) is 2.81. The number of thiazole rings is 1. The van der Waals surface area contributed by atoms with Gasteiger partial charge in [0, 0.05) is 11.6 Å². The van der Waals surface area contributed by atoms with Gasteiger partial charge in [0.05, 0.1) is 11.7 Å². The molecule has 1 heterocycles. The minimum Gasteiger partial charge on any atom is -0.347 e. The summed E-state index contributed by atoms with van der Waals surface area (Å²) >= 11 is 7.09. The Morgan fingerprint density at radius 1 is 1.38 bits per heavy atom. The molecule has 0 aliphatic rings. The zero-order valence-corrected chi connectivity index (χ0v) is 9.89. The lowest BCUT2D eigenvalue weighted by atomic mass is 10.2. The SMILES string of the molecule is O=C(NCc1ccc(Cl)cc1)c1cncs1. The maximum atomic E-state index is 11.6. The van der Waals surface area contributed by atoms with Crippen molar-refractivity contribution in [1.82, 2.24) is 10.3 Å². The fourth-order valence-electron chi connectivity index (χ4n) is 1.20. The van der Waals surface area contributed by atoms with Gasteiger partial charge in [-0.2, -0.15) is 0 Å². The summed E-state index contributed by atoms with van der Waals surface area (Å²) in [4.78, 5) is 16.0. The van der Waals surface area contributed by atoms with E-state index < -0.39 is 0 Å². The second-order valence-corrected chi connectivity index (χ2v) is 4.50. The molecule has 0 aliphatic carbocycles. The number of amides is 1.